The van der Waals surface area contributed by atoms with Gasteiger partial charge in [0.15, 0.2) is 0 Å². The Balaban J connectivity index is 1.36. The molecule has 3 aliphatic rings. The summed E-state index contributed by atoms with van der Waals surface area (Å²) in [7, 11) is 0. The van der Waals surface area contributed by atoms with E-state index in [-0.39, 0.29) is 0 Å². The highest BCUT2D eigenvalue weighted by atomic mass is 16.5. The van der Waals surface area contributed by atoms with Gasteiger partial charge < -0.3 is 19.5 Å². The Morgan fingerprint density at radius 2 is 1.57 bits per heavy atom. The van der Waals surface area contributed by atoms with Gasteiger partial charge in [0.05, 0.1) is 31.5 Å². The maximum absolute atomic E-state index is 10.9. The second kappa shape index (κ2) is 8.23. The minimum atomic E-state index is -0.499. The van der Waals surface area contributed by atoms with Crippen molar-refractivity contribution in [3.63, 3.8) is 0 Å². The Bertz CT molecular complexity index is 355. The molecule has 3 fully saturated rings. The van der Waals surface area contributed by atoms with Crippen LogP contribution in [0.5, 0.6) is 0 Å². The maximum Gasteiger partial charge on any atom is 0.0798 e. The van der Waals surface area contributed by atoms with Crippen LogP contribution in [0, 0.1) is 0 Å². The third-order valence-corrected chi connectivity index (χ3v) is 5.47. The van der Waals surface area contributed by atoms with Gasteiger partial charge in [0.25, 0.3) is 0 Å². The second-order valence-corrected chi connectivity index (χ2v) is 7.44. The van der Waals surface area contributed by atoms with E-state index in [2.05, 4.69) is 21.6 Å². The van der Waals surface area contributed by atoms with Crippen LogP contribution in [-0.4, -0.2) is 110 Å². The first-order valence-corrected chi connectivity index (χ1v) is 9.22. The molecule has 3 rings (SSSR count). The molecule has 134 valence electrons. The van der Waals surface area contributed by atoms with E-state index < -0.39 is 5.60 Å². The van der Waals surface area contributed by atoms with E-state index in [1.54, 1.807) is 0 Å². The van der Waals surface area contributed by atoms with Crippen LogP contribution in [0.1, 0.15) is 19.8 Å². The quantitative estimate of drug-likeness (QED) is 0.759. The number of ether oxygens (including phenoxy) is 2. The van der Waals surface area contributed by atoms with Gasteiger partial charge in [-0.15, -0.1) is 0 Å². The molecule has 0 aromatic carbocycles. The first-order valence-electron chi connectivity index (χ1n) is 9.22. The molecule has 0 aromatic heterocycles. The molecule has 6 nitrogen and oxygen atoms in total. The molecule has 0 aliphatic carbocycles. The molecule has 0 saturated carbocycles. The fraction of sp³-hybridized carbons (Fsp3) is 1.00. The summed E-state index contributed by atoms with van der Waals surface area (Å²) in [6.45, 7) is 13.7. The van der Waals surface area contributed by atoms with Gasteiger partial charge in [-0.25, -0.2) is 0 Å². The molecule has 3 saturated heterocycles. The van der Waals surface area contributed by atoms with Gasteiger partial charge in [0.2, 0.25) is 0 Å². The minimum Gasteiger partial charge on any atom is -0.388 e. The summed E-state index contributed by atoms with van der Waals surface area (Å²) in [5.74, 6) is 0. The molecular weight excluding hydrogens is 294 g/mol. The molecule has 1 N–H and O–H groups in total. The standard InChI is InChI=1S/C17H33N3O3/c1-16-14-19(10-13-23-16)7-6-18-4-2-17(21,3-5-18)15-20-8-11-22-12-9-20/h16,21H,2-15H2,1H3. The summed E-state index contributed by atoms with van der Waals surface area (Å²) < 4.78 is 11.0. The molecule has 1 unspecified atom stereocenters. The van der Waals surface area contributed by atoms with Crippen LogP contribution in [0.4, 0.5) is 0 Å². The van der Waals surface area contributed by atoms with Crippen LogP contribution in [0.3, 0.4) is 0 Å². The van der Waals surface area contributed by atoms with Gasteiger partial charge in [-0.3, -0.25) is 9.80 Å². The number of hydrogen-bond acceptors (Lipinski definition) is 6. The molecule has 1 atom stereocenters. The largest absolute Gasteiger partial charge is 0.388 e. The minimum absolute atomic E-state index is 0.365. The average Bonchev–Trinajstić information content (AvgIpc) is 2.55. The Morgan fingerprint density at radius 3 is 2.26 bits per heavy atom. The molecule has 3 heterocycles. The molecule has 0 aromatic rings. The van der Waals surface area contributed by atoms with Gasteiger partial charge >= 0.3 is 0 Å². The van der Waals surface area contributed by atoms with Crippen LogP contribution < -0.4 is 0 Å². The summed E-state index contributed by atoms with van der Waals surface area (Å²) >= 11 is 0. The maximum atomic E-state index is 10.9. The number of piperidine rings is 1. The molecule has 0 bridgehead atoms. The van der Waals surface area contributed by atoms with E-state index in [9.17, 15) is 5.11 Å². The summed E-state index contributed by atoms with van der Waals surface area (Å²) in [6.07, 6.45) is 2.15. The molecule has 0 spiro atoms. The second-order valence-electron chi connectivity index (χ2n) is 7.44. The number of β-amino-alcohol motifs (C(OH)–C–C–N with tert-alkyl or cyclic N) is 1. The zero-order valence-corrected chi connectivity index (χ0v) is 14.6. The highest BCUT2D eigenvalue weighted by Crippen LogP contribution is 2.23. The monoisotopic (exact) mass is 327 g/mol. The molecule has 0 amide bonds. The van der Waals surface area contributed by atoms with Crippen molar-refractivity contribution < 1.29 is 14.6 Å². The van der Waals surface area contributed by atoms with Crippen molar-refractivity contribution in [3.8, 4) is 0 Å². The number of morpholine rings is 2. The van der Waals surface area contributed by atoms with Gasteiger partial charge in [-0.05, 0) is 19.8 Å². The summed E-state index contributed by atoms with van der Waals surface area (Å²) in [6, 6.07) is 0. The van der Waals surface area contributed by atoms with E-state index in [4.69, 9.17) is 9.47 Å². The van der Waals surface area contributed by atoms with Crippen LogP contribution >= 0.6 is 0 Å². The number of aliphatic hydroxyl groups is 1. The zero-order chi connectivity index (χ0) is 16.1. The van der Waals surface area contributed by atoms with Crippen molar-refractivity contribution in [2.75, 3.05) is 78.7 Å². The van der Waals surface area contributed by atoms with Gasteiger partial charge in [0.1, 0.15) is 0 Å². The fourth-order valence-corrected chi connectivity index (χ4v) is 3.90. The topological polar surface area (TPSA) is 48.4 Å². The average molecular weight is 327 g/mol. The molecule has 23 heavy (non-hydrogen) atoms. The third kappa shape index (κ3) is 5.37. The van der Waals surface area contributed by atoms with Crippen molar-refractivity contribution in [1.82, 2.24) is 14.7 Å². The molecule has 3 aliphatic heterocycles. The lowest BCUT2D eigenvalue weighted by Gasteiger charge is -2.42. The van der Waals surface area contributed by atoms with E-state index in [1.807, 2.05) is 0 Å². The van der Waals surface area contributed by atoms with Crippen molar-refractivity contribution in [2.24, 2.45) is 0 Å². The first kappa shape index (κ1) is 17.6. The Kier molecular flexibility index (Phi) is 6.29. The Labute approximate surface area is 140 Å². The van der Waals surface area contributed by atoms with Gasteiger partial charge in [-0.2, -0.15) is 0 Å². The van der Waals surface area contributed by atoms with E-state index in [0.717, 1.165) is 91.6 Å². The van der Waals surface area contributed by atoms with E-state index in [0.29, 0.717) is 6.10 Å². The third-order valence-electron chi connectivity index (χ3n) is 5.47. The highest BCUT2D eigenvalue weighted by Gasteiger charge is 2.34. The Hall–Kier alpha value is -0.240. The zero-order valence-electron chi connectivity index (χ0n) is 14.6. The lowest BCUT2D eigenvalue weighted by atomic mass is 9.90. The lowest BCUT2D eigenvalue weighted by Crippen LogP contribution is -2.54. The molecule has 6 heteroatoms. The predicted octanol–water partition coefficient (Wildman–Crippen LogP) is -0.134. The van der Waals surface area contributed by atoms with Crippen molar-refractivity contribution in [3.05, 3.63) is 0 Å². The van der Waals surface area contributed by atoms with E-state index >= 15 is 0 Å². The Morgan fingerprint density at radius 1 is 0.913 bits per heavy atom. The van der Waals surface area contributed by atoms with Gasteiger partial charge in [-0.1, -0.05) is 0 Å². The van der Waals surface area contributed by atoms with Crippen LogP contribution in [0.15, 0.2) is 0 Å². The highest BCUT2D eigenvalue weighted by molar-refractivity contribution is 4.89. The van der Waals surface area contributed by atoms with Gasteiger partial charge in [0, 0.05) is 58.9 Å². The molecular formula is C17H33N3O3. The number of hydrogen-bond donors (Lipinski definition) is 1. The lowest BCUT2D eigenvalue weighted by molar-refractivity contribution is -0.0662. The molecule has 0 radical (unpaired) electrons. The van der Waals surface area contributed by atoms with Crippen molar-refractivity contribution >= 4 is 0 Å². The number of nitrogens with zero attached hydrogens (tertiary/aromatic N) is 3. The number of likely N-dealkylation sites (tertiary alicyclic amines) is 1. The van der Waals surface area contributed by atoms with Crippen LogP contribution in [-0.2, 0) is 9.47 Å². The van der Waals surface area contributed by atoms with Crippen LogP contribution in [0.25, 0.3) is 0 Å². The van der Waals surface area contributed by atoms with E-state index in [1.165, 1.54) is 0 Å². The summed E-state index contributed by atoms with van der Waals surface area (Å²) in [5, 5.41) is 10.9. The summed E-state index contributed by atoms with van der Waals surface area (Å²) in [5.41, 5.74) is -0.499. The van der Waals surface area contributed by atoms with Crippen LogP contribution in [0.2, 0.25) is 0 Å². The van der Waals surface area contributed by atoms with Crippen molar-refractivity contribution in [1.29, 1.82) is 0 Å². The smallest absolute Gasteiger partial charge is 0.0798 e. The normalized spacial score (nSPS) is 31.3. The SMILES string of the molecule is CC1CN(CCN2CCC(O)(CN3CCOCC3)CC2)CCO1. The number of rotatable bonds is 5. The fourth-order valence-electron chi connectivity index (χ4n) is 3.90. The van der Waals surface area contributed by atoms with Crippen molar-refractivity contribution in [2.45, 2.75) is 31.5 Å². The summed E-state index contributed by atoms with van der Waals surface area (Å²) in [4.78, 5) is 7.37. The predicted molar refractivity (Wildman–Crippen MR) is 89.7 cm³/mol. The first-order chi connectivity index (χ1) is 11.1.